The number of nitrogens with one attached hydrogen (secondary N) is 1. The van der Waals surface area contributed by atoms with Gasteiger partial charge in [-0.25, -0.2) is 0 Å². The van der Waals surface area contributed by atoms with Gasteiger partial charge in [0.1, 0.15) is 0 Å². The molecular weight excluding hydrogens is 248 g/mol. The van der Waals surface area contributed by atoms with Crippen molar-refractivity contribution in [1.29, 1.82) is 0 Å². The Bertz CT molecular complexity index is 756. The highest BCUT2D eigenvalue weighted by atomic mass is 16.5. The molecule has 1 aromatic heterocycles. The SMILES string of the molecule is NC(c1ccc2[nH]c3ccccc3c2c1)C1CCOC1. The summed E-state index contributed by atoms with van der Waals surface area (Å²) in [5, 5.41) is 2.52. The molecule has 0 aliphatic carbocycles. The molecule has 3 N–H and O–H groups in total. The fourth-order valence-corrected chi connectivity index (χ4v) is 3.18. The maximum atomic E-state index is 6.41. The van der Waals surface area contributed by atoms with E-state index in [0.717, 1.165) is 19.6 Å². The molecule has 0 saturated carbocycles. The first-order valence-electron chi connectivity index (χ1n) is 7.16. The van der Waals surface area contributed by atoms with Gasteiger partial charge in [0, 0.05) is 40.4 Å². The molecule has 2 aromatic carbocycles. The first-order chi connectivity index (χ1) is 9.83. The molecule has 0 amide bonds. The minimum atomic E-state index is 0.0653. The van der Waals surface area contributed by atoms with Crippen LogP contribution in [0.15, 0.2) is 42.5 Å². The molecule has 4 rings (SSSR count). The summed E-state index contributed by atoms with van der Waals surface area (Å²) in [5.74, 6) is 0.442. The van der Waals surface area contributed by atoms with Crippen LogP contribution in [0.3, 0.4) is 0 Å². The lowest BCUT2D eigenvalue weighted by Gasteiger charge is -2.18. The van der Waals surface area contributed by atoms with E-state index >= 15 is 0 Å². The first-order valence-corrected chi connectivity index (χ1v) is 7.16. The van der Waals surface area contributed by atoms with Crippen molar-refractivity contribution in [3.8, 4) is 0 Å². The Morgan fingerprint density at radius 3 is 2.80 bits per heavy atom. The van der Waals surface area contributed by atoms with Crippen LogP contribution < -0.4 is 5.73 Å². The van der Waals surface area contributed by atoms with Crippen LogP contribution in [0, 0.1) is 5.92 Å². The molecule has 3 heteroatoms. The largest absolute Gasteiger partial charge is 0.381 e. The minimum Gasteiger partial charge on any atom is -0.381 e. The zero-order valence-corrected chi connectivity index (χ0v) is 11.3. The van der Waals surface area contributed by atoms with Crippen molar-refractivity contribution in [1.82, 2.24) is 4.98 Å². The van der Waals surface area contributed by atoms with Crippen molar-refractivity contribution in [2.45, 2.75) is 12.5 Å². The van der Waals surface area contributed by atoms with Crippen molar-refractivity contribution in [3.63, 3.8) is 0 Å². The topological polar surface area (TPSA) is 51.0 Å². The van der Waals surface area contributed by atoms with Crippen molar-refractivity contribution in [2.75, 3.05) is 13.2 Å². The van der Waals surface area contributed by atoms with Crippen LogP contribution in [0.2, 0.25) is 0 Å². The van der Waals surface area contributed by atoms with Gasteiger partial charge in [0.2, 0.25) is 0 Å². The highest BCUT2D eigenvalue weighted by Gasteiger charge is 2.24. The molecule has 2 unspecified atom stereocenters. The van der Waals surface area contributed by atoms with Crippen LogP contribution in [0.4, 0.5) is 0 Å². The van der Waals surface area contributed by atoms with Crippen LogP contribution in [-0.2, 0) is 4.74 Å². The molecule has 3 aromatic rings. The maximum absolute atomic E-state index is 6.41. The number of nitrogens with two attached hydrogens (primary N) is 1. The second kappa shape index (κ2) is 4.62. The summed E-state index contributed by atoms with van der Waals surface area (Å²) in [6.45, 7) is 1.63. The maximum Gasteiger partial charge on any atom is 0.0513 e. The Labute approximate surface area is 117 Å². The average Bonchev–Trinajstić information content (AvgIpc) is 3.13. The van der Waals surface area contributed by atoms with E-state index in [2.05, 4.69) is 47.4 Å². The molecule has 1 aliphatic heterocycles. The van der Waals surface area contributed by atoms with E-state index in [1.165, 1.54) is 27.4 Å². The van der Waals surface area contributed by atoms with Gasteiger partial charge >= 0.3 is 0 Å². The van der Waals surface area contributed by atoms with Crippen LogP contribution in [0.1, 0.15) is 18.0 Å². The standard InChI is InChI=1S/C17H18N2O/c18-17(12-7-8-20-10-12)11-5-6-16-14(9-11)13-3-1-2-4-15(13)19-16/h1-6,9,12,17,19H,7-8,10,18H2. The molecule has 0 bridgehead atoms. The summed E-state index contributed by atoms with van der Waals surface area (Å²) < 4.78 is 5.46. The predicted octanol–water partition coefficient (Wildman–Crippen LogP) is 3.36. The normalized spacial score (nSPS) is 20.8. The van der Waals surface area contributed by atoms with E-state index in [-0.39, 0.29) is 6.04 Å². The highest BCUT2D eigenvalue weighted by Crippen LogP contribution is 2.31. The van der Waals surface area contributed by atoms with Crippen molar-refractivity contribution in [2.24, 2.45) is 11.7 Å². The predicted molar refractivity (Wildman–Crippen MR) is 81.7 cm³/mol. The van der Waals surface area contributed by atoms with Gasteiger partial charge < -0.3 is 15.5 Å². The number of fused-ring (bicyclic) bond motifs is 3. The summed E-state index contributed by atoms with van der Waals surface area (Å²) in [4.78, 5) is 3.45. The highest BCUT2D eigenvalue weighted by molar-refractivity contribution is 6.07. The Kier molecular flexibility index (Phi) is 2.76. The van der Waals surface area contributed by atoms with E-state index in [0.29, 0.717) is 5.92 Å². The number of hydrogen-bond donors (Lipinski definition) is 2. The van der Waals surface area contributed by atoms with Crippen molar-refractivity contribution in [3.05, 3.63) is 48.0 Å². The van der Waals surface area contributed by atoms with Crippen LogP contribution in [-0.4, -0.2) is 18.2 Å². The molecular formula is C17H18N2O. The molecule has 3 nitrogen and oxygen atoms in total. The Hall–Kier alpha value is -1.84. The third-order valence-corrected chi connectivity index (χ3v) is 4.39. The number of ether oxygens (including phenoxy) is 1. The zero-order valence-electron chi connectivity index (χ0n) is 11.3. The van der Waals surface area contributed by atoms with Gasteiger partial charge in [0.25, 0.3) is 0 Å². The lowest BCUT2D eigenvalue weighted by Crippen LogP contribution is -2.21. The van der Waals surface area contributed by atoms with E-state index in [1.54, 1.807) is 0 Å². The number of aromatic nitrogens is 1. The molecule has 0 spiro atoms. The number of H-pyrrole nitrogens is 1. The molecule has 20 heavy (non-hydrogen) atoms. The van der Waals surface area contributed by atoms with Gasteiger partial charge in [-0.1, -0.05) is 24.3 Å². The van der Waals surface area contributed by atoms with Crippen LogP contribution >= 0.6 is 0 Å². The smallest absolute Gasteiger partial charge is 0.0513 e. The van der Waals surface area contributed by atoms with Crippen LogP contribution in [0.5, 0.6) is 0 Å². The van der Waals surface area contributed by atoms with E-state index < -0.39 is 0 Å². The number of benzene rings is 2. The number of rotatable bonds is 2. The minimum absolute atomic E-state index is 0.0653. The average molecular weight is 266 g/mol. The first kappa shape index (κ1) is 11.9. The summed E-state index contributed by atoms with van der Waals surface area (Å²) in [6.07, 6.45) is 1.06. The third-order valence-electron chi connectivity index (χ3n) is 4.39. The molecule has 102 valence electrons. The van der Waals surface area contributed by atoms with Gasteiger partial charge in [0.15, 0.2) is 0 Å². The molecule has 2 atom stereocenters. The lowest BCUT2D eigenvalue weighted by molar-refractivity contribution is 0.181. The Morgan fingerprint density at radius 2 is 1.95 bits per heavy atom. The molecule has 0 radical (unpaired) electrons. The van der Waals surface area contributed by atoms with Gasteiger partial charge in [-0.15, -0.1) is 0 Å². The van der Waals surface area contributed by atoms with Crippen LogP contribution in [0.25, 0.3) is 21.8 Å². The van der Waals surface area contributed by atoms with Gasteiger partial charge in [0.05, 0.1) is 6.61 Å². The van der Waals surface area contributed by atoms with E-state index in [9.17, 15) is 0 Å². The van der Waals surface area contributed by atoms with Gasteiger partial charge in [-0.2, -0.15) is 0 Å². The van der Waals surface area contributed by atoms with Gasteiger partial charge in [-0.3, -0.25) is 0 Å². The quantitative estimate of drug-likeness (QED) is 0.747. The van der Waals surface area contributed by atoms with Gasteiger partial charge in [-0.05, 0) is 30.2 Å². The third kappa shape index (κ3) is 1.82. The Morgan fingerprint density at radius 1 is 1.10 bits per heavy atom. The fraction of sp³-hybridized carbons (Fsp3) is 0.294. The second-order valence-corrected chi connectivity index (χ2v) is 5.63. The van der Waals surface area contributed by atoms with E-state index in [4.69, 9.17) is 10.5 Å². The van der Waals surface area contributed by atoms with Crippen molar-refractivity contribution >= 4 is 21.8 Å². The molecule has 1 fully saturated rings. The van der Waals surface area contributed by atoms with E-state index in [1.807, 2.05) is 0 Å². The number of para-hydroxylation sites is 1. The summed E-state index contributed by atoms with van der Waals surface area (Å²) in [5.41, 5.74) is 9.97. The lowest BCUT2D eigenvalue weighted by atomic mass is 9.92. The second-order valence-electron chi connectivity index (χ2n) is 5.63. The summed E-state index contributed by atoms with van der Waals surface area (Å²) in [6, 6.07) is 15.0. The Balaban J connectivity index is 1.82. The monoisotopic (exact) mass is 266 g/mol. The molecule has 1 aliphatic rings. The fourth-order valence-electron chi connectivity index (χ4n) is 3.18. The molecule has 2 heterocycles. The number of hydrogen-bond acceptors (Lipinski definition) is 2. The summed E-state index contributed by atoms with van der Waals surface area (Å²) in [7, 11) is 0. The zero-order chi connectivity index (χ0) is 13.5. The van der Waals surface area contributed by atoms with Crippen molar-refractivity contribution < 1.29 is 4.74 Å². The number of aromatic amines is 1. The molecule has 1 saturated heterocycles. The summed E-state index contributed by atoms with van der Waals surface area (Å²) >= 11 is 0.